The fourth-order valence-electron chi connectivity index (χ4n) is 1.12. The molecule has 0 unspecified atom stereocenters. The van der Waals surface area contributed by atoms with Crippen molar-refractivity contribution in [3.05, 3.63) is 22.2 Å². The highest BCUT2D eigenvalue weighted by Crippen LogP contribution is 2.17. The van der Waals surface area contributed by atoms with Crippen LogP contribution in [0.1, 0.15) is 26.2 Å². The van der Waals surface area contributed by atoms with Crippen LogP contribution in [0.4, 0.5) is 0 Å². The van der Waals surface area contributed by atoms with Crippen molar-refractivity contribution in [2.45, 2.75) is 26.2 Å². The molecule has 0 bridgehead atoms. The van der Waals surface area contributed by atoms with Crippen LogP contribution in [0.25, 0.3) is 0 Å². The van der Waals surface area contributed by atoms with Crippen LogP contribution in [0.3, 0.4) is 0 Å². The lowest BCUT2D eigenvalue weighted by molar-refractivity contribution is -0.114. The van der Waals surface area contributed by atoms with Crippen molar-refractivity contribution in [3.8, 4) is 0 Å². The summed E-state index contributed by atoms with van der Waals surface area (Å²) in [5, 5.41) is 0. The summed E-state index contributed by atoms with van der Waals surface area (Å²) in [5.74, 6) is 0.223. The zero-order valence-electron chi connectivity index (χ0n) is 6.56. The molecule has 0 aromatic heterocycles. The SMILES string of the molecule is CC1=C/C(Br)=C\C(=O)CCC1. The predicted octanol–water partition coefficient (Wildman–Crippen LogP) is 2.96. The van der Waals surface area contributed by atoms with Gasteiger partial charge in [-0.1, -0.05) is 21.5 Å². The second kappa shape index (κ2) is 3.86. The van der Waals surface area contributed by atoms with Gasteiger partial charge < -0.3 is 0 Å². The van der Waals surface area contributed by atoms with Gasteiger partial charge in [-0.05, 0) is 31.9 Å². The summed E-state index contributed by atoms with van der Waals surface area (Å²) in [6, 6.07) is 0. The molecule has 0 radical (unpaired) electrons. The molecule has 0 fully saturated rings. The first kappa shape index (κ1) is 8.72. The van der Waals surface area contributed by atoms with Crippen LogP contribution in [0, 0.1) is 0 Å². The molecule has 1 nitrogen and oxygen atoms in total. The van der Waals surface area contributed by atoms with E-state index in [0.717, 1.165) is 17.3 Å². The number of carbonyl (C=O) groups is 1. The molecule has 1 rings (SSSR count). The Bertz CT molecular complexity index is 226. The fraction of sp³-hybridized carbons (Fsp3) is 0.444. The summed E-state index contributed by atoms with van der Waals surface area (Å²) in [4.78, 5) is 11.0. The summed E-state index contributed by atoms with van der Waals surface area (Å²) >= 11 is 3.32. The molecular formula is C9H11BrO. The number of rotatable bonds is 0. The Hall–Kier alpha value is -0.370. The summed E-state index contributed by atoms with van der Waals surface area (Å²) in [6.45, 7) is 2.09. The van der Waals surface area contributed by atoms with Gasteiger partial charge in [0.15, 0.2) is 5.78 Å². The Morgan fingerprint density at radius 2 is 2.09 bits per heavy atom. The first-order chi connectivity index (χ1) is 5.18. The highest BCUT2D eigenvalue weighted by Gasteiger charge is 2.03. The maximum absolute atomic E-state index is 11.0. The molecule has 60 valence electrons. The van der Waals surface area contributed by atoms with Crippen molar-refractivity contribution in [1.29, 1.82) is 0 Å². The molecule has 1 aliphatic rings. The van der Waals surface area contributed by atoms with Gasteiger partial charge in [0.25, 0.3) is 0 Å². The molecule has 0 aromatic rings. The van der Waals surface area contributed by atoms with Gasteiger partial charge in [0.05, 0.1) is 0 Å². The van der Waals surface area contributed by atoms with Crippen LogP contribution >= 0.6 is 15.9 Å². The summed E-state index contributed by atoms with van der Waals surface area (Å²) in [6.07, 6.45) is 6.37. The molecule has 0 heterocycles. The summed E-state index contributed by atoms with van der Waals surface area (Å²) in [7, 11) is 0. The van der Waals surface area contributed by atoms with Crippen molar-refractivity contribution < 1.29 is 4.79 Å². The van der Waals surface area contributed by atoms with E-state index in [2.05, 4.69) is 22.9 Å². The molecule has 0 saturated heterocycles. The van der Waals surface area contributed by atoms with E-state index >= 15 is 0 Å². The van der Waals surface area contributed by atoms with Crippen molar-refractivity contribution in [2.24, 2.45) is 0 Å². The maximum Gasteiger partial charge on any atom is 0.156 e. The van der Waals surface area contributed by atoms with Crippen LogP contribution in [0.2, 0.25) is 0 Å². The Morgan fingerprint density at radius 1 is 1.36 bits per heavy atom. The minimum Gasteiger partial charge on any atom is -0.295 e. The van der Waals surface area contributed by atoms with E-state index in [1.807, 2.05) is 6.08 Å². The second-order valence-electron chi connectivity index (χ2n) is 2.84. The van der Waals surface area contributed by atoms with Crippen LogP contribution in [0.5, 0.6) is 0 Å². The molecule has 0 atom stereocenters. The van der Waals surface area contributed by atoms with E-state index in [0.29, 0.717) is 6.42 Å². The van der Waals surface area contributed by atoms with Gasteiger partial charge in [-0.3, -0.25) is 4.79 Å². The second-order valence-corrected chi connectivity index (χ2v) is 3.76. The third-order valence-corrected chi connectivity index (χ3v) is 2.14. The van der Waals surface area contributed by atoms with Crippen LogP contribution in [-0.2, 0) is 4.79 Å². The van der Waals surface area contributed by atoms with Crippen molar-refractivity contribution >= 4 is 21.7 Å². The predicted molar refractivity (Wildman–Crippen MR) is 49.6 cm³/mol. The number of allylic oxidation sites excluding steroid dienone is 4. The molecule has 11 heavy (non-hydrogen) atoms. The van der Waals surface area contributed by atoms with E-state index < -0.39 is 0 Å². The van der Waals surface area contributed by atoms with Gasteiger partial charge in [-0.25, -0.2) is 0 Å². The maximum atomic E-state index is 11.0. The summed E-state index contributed by atoms with van der Waals surface area (Å²) in [5.41, 5.74) is 1.33. The largest absolute Gasteiger partial charge is 0.295 e. The first-order valence-corrected chi connectivity index (χ1v) is 4.55. The lowest BCUT2D eigenvalue weighted by Crippen LogP contribution is -1.96. The zero-order chi connectivity index (χ0) is 8.27. The number of hydrogen-bond donors (Lipinski definition) is 0. The summed E-state index contributed by atoms with van der Waals surface area (Å²) < 4.78 is 0.903. The molecule has 0 aliphatic heterocycles. The normalized spacial score (nSPS) is 24.7. The van der Waals surface area contributed by atoms with Crippen LogP contribution in [-0.4, -0.2) is 5.78 Å². The van der Waals surface area contributed by atoms with Gasteiger partial charge in [-0.2, -0.15) is 0 Å². The first-order valence-electron chi connectivity index (χ1n) is 3.75. The average Bonchev–Trinajstić information content (AvgIpc) is 1.83. The van der Waals surface area contributed by atoms with Gasteiger partial charge in [0, 0.05) is 10.9 Å². The van der Waals surface area contributed by atoms with E-state index in [1.54, 1.807) is 6.08 Å². The Kier molecular flexibility index (Phi) is 3.06. The molecule has 0 saturated carbocycles. The topological polar surface area (TPSA) is 17.1 Å². The average molecular weight is 215 g/mol. The fourth-order valence-corrected chi connectivity index (χ4v) is 1.76. The minimum atomic E-state index is 0.223. The van der Waals surface area contributed by atoms with Gasteiger partial charge >= 0.3 is 0 Å². The highest BCUT2D eigenvalue weighted by atomic mass is 79.9. The Labute approximate surface area is 75.3 Å². The van der Waals surface area contributed by atoms with Crippen LogP contribution < -0.4 is 0 Å². The molecule has 0 N–H and O–H groups in total. The lowest BCUT2D eigenvalue weighted by atomic mass is 10.0. The molecule has 0 amide bonds. The smallest absolute Gasteiger partial charge is 0.156 e. The third kappa shape index (κ3) is 3.02. The molecule has 0 spiro atoms. The van der Waals surface area contributed by atoms with E-state index in [1.165, 1.54) is 5.57 Å². The standard InChI is InChI=1S/C9H11BrO/c1-7-3-2-4-9(11)6-8(10)5-7/h5-6H,2-4H2,1H3/b7-5?,8-6+. The number of ketones is 1. The number of halogens is 1. The lowest BCUT2D eigenvalue weighted by Gasteiger charge is -2.03. The third-order valence-electron chi connectivity index (χ3n) is 1.68. The van der Waals surface area contributed by atoms with Gasteiger partial charge in [0.2, 0.25) is 0 Å². The Morgan fingerprint density at radius 3 is 2.82 bits per heavy atom. The molecule has 1 aliphatic carbocycles. The highest BCUT2D eigenvalue weighted by molar-refractivity contribution is 9.11. The molecule has 2 heteroatoms. The van der Waals surface area contributed by atoms with E-state index in [4.69, 9.17) is 0 Å². The molecular weight excluding hydrogens is 204 g/mol. The van der Waals surface area contributed by atoms with Crippen LogP contribution in [0.15, 0.2) is 22.2 Å². The van der Waals surface area contributed by atoms with E-state index in [9.17, 15) is 4.79 Å². The van der Waals surface area contributed by atoms with Crippen molar-refractivity contribution in [3.63, 3.8) is 0 Å². The quantitative estimate of drug-likeness (QED) is 0.607. The van der Waals surface area contributed by atoms with Gasteiger partial charge in [0.1, 0.15) is 0 Å². The zero-order valence-corrected chi connectivity index (χ0v) is 8.15. The number of hydrogen-bond acceptors (Lipinski definition) is 1. The Balaban J connectivity index is 2.80. The molecule has 0 aromatic carbocycles. The monoisotopic (exact) mass is 214 g/mol. The van der Waals surface area contributed by atoms with E-state index in [-0.39, 0.29) is 5.78 Å². The van der Waals surface area contributed by atoms with Crippen molar-refractivity contribution in [2.75, 3.05) is 0 Å². The number of carbonyl (C=O) groups excluding carboxylic acids is 1. The minimum absolute atomic E-state index is 0.223. The van der Waals surface area contributed by atoms with Crippen molar-refractivity contribution in [1.82, 2.24) is 0 Å². The van der Waals surface area contributed by atoms with Gasteiger partial charge in [-0.15, -0.1) is 0 Å².